The SMILES string of the molecule is Cc1ccc(SCCCCCCN=O)cc1. The van der Waals surface area contributed by atoms with E-state index in [1.165, 1.54) is 23.3 Å². The maximum absolute atomic E-state index is 9.85. The Bertz CT molecular complexity index is 297. The number of thioether (sulfide) groups is 1. The van der Waals surface area contributed by atoms with Gasteiger partial charge in [0.1, 0.15) is 0 Å². The minimum Gasteiger partial charge on any atom is -0.151 e. The Morgan fingerprint density at radius 3 is 2.44 bits per heavy atom. The van der Waals surface area contributed by atoms with E-state index < -0.39 is 0 Å². The Labute approximate surface area is 102 Å². The number of unbranched alkanes of at least 4 members (excludes halogenated alkanes) is 3. The van der Waals surface area contributed by atoms with Crippen molar-refractivity contribution in [2.45, 2.75) is 37.5 Å². The van der Waals surface area contributed by atoms with Gasteiger partial charge < -0.3 is 0 Å². The van der Waals surface area contributed by atoms with Crippen LogP contribution in [0.15, 0.2) is 34.3 Å². The third-order valence-corrected chi connectivity index (χ3v) is 3.53. The van der Waals surface area contributed by atoms with Crippen LogP contribution in [0.2, 0.25) is 0 Å². The highest BCUT2D eigenvalue weighted by Crippen LogP contribution is 2.20. The third-order valence-electron chi connectivity index (χ3n) is 2.43. The lowest BCUT2D eigenvalue weighted by molar-refractivity contribution is 0.677. The Morgan fingerprint density at radius 1 is 1.06 bits per heavy atom. The van der Waals surface area contributed by atoms with Gasteiger partial charge in [0.2, 0.25) is 0 Å². The van der Waals surface area contributed by atoms with E-state index in [9.17, 15) is 4.91 Å². The van der Waals surface area contributed by atoms with Crippen molar-refractivity contribution < 1.29 is 0 Å². The molecule has 0 aliphatic carbocycles. The smallest absolute Gasteiger partial charge is 0.0811 e. The van der Waals surface area contributed by atoms with Crippen LogP contribution in [0, 0.1) is 11.8 Å². The molecule has 1 rings (SSSR count). The molecule has 0 aliphatic heterocycles. The molecule has 0 saturated carbocycles. The quantitative estimate of drug-likeness (QED) is 0.380. The topological polar surface area (TPSA) is 29.4 Å². The summed E-state index contributed by atoms with van der Waals surface area (Å²) in [6.45, 7) is 2.58. The van der Waals surface area contributed by atoms with Crippen LogP contribution in [-0.2, 0) is 0 Å². The van der Waals surface area contributed by atoms with E-state index in [0.29, 0.717) is 6.54 Å². The van der Waals surface area contributed by atoms with Crippen molar-refractivity contribution in [3.05, 3.63) is 34.7 Å². The Morgan fingerprint density at radius 2 is 1.75 bits per heavy atom. The molecule has 0 saturated heterocycles. The largest absolute Gasteiger partial charge is 0.151 e. The lowest BCUT2D eigenvalue weighted by Crippen LogP contribution is -1.84. The van der Waals surface area contributed by atoms with Crippen LogP contribution >= 0.6 is 11.8 Å². The standard InChI is InChI=1S/C13H19NOS/c1-12-6-8-13(9-7-12)16-11-5-3-2-4-10-14-15/h6-9H,2-5,10-11H2,1H3. The maximum atomic E-state index is 9.85. The lowest BCUT2D eigenvalue weighted by atomic mass is 10.2. The van der Waals surface area contributed by atoms with Gasteiger partial charge >= 0.3 is 0 Å². The van der Waals surface area contributed by atoms with E-state index in [-0.39, 0.29) is 0 Å². The first-order valence-electron chi connectivity index (χ1n) is 5.81. The molecule has 1 aromatic carbocycles. The molecule has 1 aromatic rings. The number of rotatable bonds is 8. The van der Waals surface area contributed by atoms with Crippen molar-refractivity contribution in [1.82, 2.24) is 0 Å². The molecule has 0 heterocycles. The summed E-state index contributed by atoms with van der Waals surface area (Å²) < 4.78 is 0. The summed E-state index contributed by atoms with van der Waals surface area (Å²) in [5, 5.41) is 2.85. The summed E-state index contributed by atoms with van der Waals surface area (Å²) in [4.78, 5) is 11.2. The summed E-state index contributed by atoms with van der Waals surface area (Å²) in [5.41, 5.74) is 1.31. The van der Waals surface area contributed by atoms with Gasteiger partial charge in [0.05, 0.1) is 6.54 Å². The van der Waals surface area contributed by atoms with Gasteiger partial charge in [-0.15, -0.1) is 11.8 Å². The van der Waals surface area contributed by atoms with Gasteiger partial charge in [-0.2, -0.15) is 4.91 Å². The van der Waals surface area contributed by atoms with E-state index in [4.69, 9.17) is 0 Å². The number of benzene rings is 1. The van der Waals surface area contributed by atoms with Crippen molar-refractivity contribution in [3.8, 4) is 0 Å². The molecule has 0 atom stereocenters. The number of aryl methyl sites for hydroxylation is 1. The predicted octanol–water partition coefficient (Wildman–Crippen LogP) is 4.41. The first-order valence-corrected chi connectivity index (χ1v) is 6.80. The summed E-state index contributed by atoms with van der Waals surface area (Å²) in [6.07, 6.45) is 4.49. The summed E-state index contributed by atoms with van der Waals surface area (Å²) in [6, 6.07) is 8.66. The fourth-order valence-electron chi connectivity index (χ4n) is 1.46. The van der Waals surface area contributed by atoms with Crippen molar-refractivity contribution in [3.63, 3.8) is 0 Å². The van der Waals surface area contributed by atoms with E-state index >= 15 is 0 Å². The highest BCUT2D eigenvalue weighted by molar-refractivity contribution is 7.99. The molecule has 0 radical (unpaired) electrons. The van der Waals surface area contributed by atoms with Crippen LogP contribution in [0.1, 0.15) is 31.2 Å². The first kappa shape index (κ1) is 13.2. The molecule has 0 fully saturated rings. The Balaban J connectivity index is 2.02. The summed E-state index contributed by atoms with van der Waals surface area (Å²) in [7, 11) is 0. The van der Waals surface area contributed by atoms with Gasteiger partial charge in [0, 0.05) is 4.90 Å². The van der Waals surface area contributed by atoms with Crippen molar-refractivity contribution in [2.75, 3.05) is 12.3 Å². The number of nitroso groups, excluding NO2 is 1. The Hall–Kier alpha value is -0.830. The highest BCUT2D eigenvalue weighted by Gasteiger charge is 1.94. The first-order chi connectivity index (χ1) is 7.83. The highest BCUT2D eigenvalue weighted by atomic mass is 32.2. The molecule has 0 unspecified atom stereocenters. The number of hydrogen-bond donors (Lipinski definition) is 0. The minimum absolute atomic E-state index is 0.477. The molecular weight excluding hydrogens is 218 g/mol. The molecule has 16 heavy (non-hydrogen) atoms. The van der Waals surface area contributed by atoms with Crippen LogP contribution in [0.3, 0.4) is 0 Å². The van der Waals surface area contributed by atoms with Gasteiger partial charge in [-0.3, -0.25) is 0 Å². The van der Waals surface area contributed by atoms with Crippen LogP contribution in [0.25, 0.3) is 0 Å². The summed E-state index contributed by atoms with van der Waals surface area (Å²) >= 11 is 1.91. The molecule has 88 valence electrons. The second kappa shape index (κ2) is 8.34. The van der Waals surface area contributed by atoms with Crippen molar-refractivity contribution >= 4 is 11.8 Å². The second-order valence-electron chi connectivity index (χ2n) is 3.93. The zero-order valence-corrected chi connectivity index (χ0v) is 10.6. The van der Waals surface area contributed by atoms with Gasteiger partial charge in [0.15, 0.2) is 0 Å². The molecule has 3 heteroatoms. The predicted molar refractivity (Wildman–Crippen MR) is 71.0 cm³/mol. The van der Waals surface area contributed by atoms with Crippen LogP contribution < -0.4 is 0 Å². The zero-order valence-electron chi connectivity index (χ0n) is 9.82. The molecule has 0 bridgehead atoms. The minimum atomic E-state index is 0.477. The van der Waals surface area contributed by atoms with E-state index in [2.05, 4.69) is 36.4 Å². The maximum Gasteiger partial charge on any atom is 0.0811 e. The van der Waals surface area contributed by atoms with Crippen molar-refractivity contribution in [2.24, 2.45) is 5.18 Å². The number of nitrogens with zero attached hydrogens (tertiary/aromatic N) is 1. The average molecular weight is 237 g/mol. The van der Waals surface area contributed by atoms with E-state index in [1.807, 2.05) is 11.8 Å². The molecule has 0 aliphatic rings. The molecular formula is C13H19NOS. The zero-order chi connectivity index (χ0) is 11.6. The third kappa shape index (κ3) is 5.91. The van der Waals surface area contributed by atoms with Gasteiger partial charge in [-0.25, -0.2) is 0 Å². The average Bonchev–Trinajstić information content (AvgIpc) is 2.30. The molecule has 0 N–H and O–H groups in total. The second-order valence-corrected chi connectivity index (χ2v) is 5.10. The molecule has 0 aromatic heterocycles. The molecule has 0 spiro atoms. The van der Waals surface area contributed by atoms with E-state index in [1.54, 1.807) is 0 Å². The normalized spacial score (nSPS) is 10.3. The summed E-state index contributed by atoms with van der Waals surface area (Å²) in [5.74, 6) is 1.16. The number of hydrogen-bond acceptors (Lipinski definition) is 3. The van der Waals surface area contributed by atoms with Gasteiger partial charge in [-0.05, 0) is 37.7 Å². The molecule has 2 nitrogen and oxygen atoms in total. The van der Waals surface area contributed by atoms with Gasteiger partial charge in [0.25, 0.3) is 0 Å². The van der Waals surface area contributed by atoms with Crippen LogP contribution in [0.4, 0.5) is 0 Å². The fraction of sp³-hybridized carbons (Fsp3) is 0.538. The molecule has 0 amide bonds. The van der Waals surface area contributed by atoms with E-state index in [0.717, 1.165) is 18.6 Å². The van der Waals surface area contributed by atoms with Crippen LogP contribution in [-0.4, -0.2) is 12.3 Å². The van der Waals surface area contributed by atoms with Crippen LogP contribution in [0.5, 0.6) is 0 Å². The monoisotopic (exact) mass is 237 g/mol. The lowest BCUT2D eigenvalue weighted by Gasteiger charge is -2.02. The van der Waals surface area contributed by atoms with Gasteiger partial charge in [-0.1, -0.05) is 35.7 Å². The Kier molecular flexibility index (Phi) is 6.90. The van der Waals surface area contributed by atoms with Crippen molar-refractivity contribution in [1.29, 1.82) is 0 Å². The fourth-order valence-corrected chi connectivity index (χ4v) is 2.37.